The average molecular weight is 466 g/mol. The number of hydrogen-bond acceptors (Lipinski definition) is 4. The summed E-state index contributed by atoms with van der Waals surface area (Å²) in [4.78, 5) is 26.0. The third-order valence-electron chi connectivity index (χ3n) is 5.34. The van der Waals surface area contributed by atoms with Gasteiger partial charge in [-0.2, -0.15) is 0 Å². The molecule has 2 amide bonds. The minimum atomic E-state index is -3.73. The number of sulfonamides is 1. The van der Waals surface area contributed by atoms with Crippen molar-refractivity contribution in [3.8, 4) is 0 Å². The zero-order chi connectivity index (χ0) is 24.3. The fourth-order valence-electron chi connectivity index (χ4n) is 3.33. The summed E-state index contributed by atoms with van der Waals surface area (Å²) < 4.78 is 26.6. The highest BCUT2D eigenvalue weighted by atomic mass is 32.2. The molecule has 0 fully saturated rings. The van der Waals surface area contributed by atoms with E-state index in [1.165, 1.54) is 20.2 Å². The van der Waals surface area contributed by atoms with E-state index in [-0.39, 0.29) is 21.9 Å². The third-order valence-corrected chi connectivity index (χ3v) is 7.28. The topological polar surface area (TPSA) is 95.6 Å². The molecule has 0 saturated carbocycles. The number of nitrogens with one attached hydrogen (secondary N) is 2. The molecule has 0 unspecified atom stereocenters. The van der Waals surface area contributed by atoms with E-state index < -0.39 is 15.9 Å². The fraction of sp³-hybridized carbons (Fsp3) is 0.200. The summed E-state index contributed by atoms with van der Waals surface area (Å²) in [7, 11) is -0.841. The van der Waals surface area contributed by atoms with Crippen molar-refractivity contribution in [2.24, 2.45) is 0 Å². The van der Waals surface area contributed by atoms with Gasteiger partial charge in [-0.1, -0.05) is 24.3 Å². The molecular formula is C25H27N3O4S. The molecule has 172 valence electrons. The zero-order valence-corrected chi connectivity index (χ0v) is 20.1. The number of amides is 2. The van der Waals surface area contributed by atoms with Crippen LogP contribution in [-0.4, -0.2) is 38.6 Å². The molecule has 3 aromatic carbocycles. The van der Waals surface area contributed by atoms with Crippen LogP contribution in [0.2, 0.25) is 0 Å². The van der Waals surface area contributed by atoms with E-state index in [9.17, 15) is 18.0 Å². The summed E-state index contributed by atoms with van der Waals surface area (Å²) in [6.07, 6.45) is 0. The second-order valence-corrected chi connectivity index (χ2v) is 10.1. The number of carbonyl (C=O) groups excluding carboxylic acids is 2. The lowest BCUT2D eigenvalue weighted by Gasteiger charge is -2.17. The van der Waals surface area contributed by atoms with Gasteiger partial charge in [0.1, 0.15) is 0 Å². The van der Waals surface area contributed by atoms with Crippen LogP contribution in [0, 0.1) is 20.8 Å². The van der Waals surface area contributed by atoms with Crippen molar-refractivity contribution in [2.45, 2.75) is 25.7 Å². The van der Waals surface area contributed by atoms with Crippen molar-refractivity contribution in [3.63, 3.8) is 0 Å². The van der Waals surface area contributed by atoms with Crippen LogP contribution in [0.3, 0.4) is 0 Å². The maximum absolute atomic E-state index is 13.1. The molecule has 3 rings (SSSR count). The molecule has 0 spiro atoms. The molecule has 0 heterocycles. The first-order valence-corrected chi connectivity index (χ1v) is 11.8. The molecule has 7 nitrogen and oxygen atoms in total. The van der Waals surface area contributed by atoms with Crippen LogP contribution in [0.1, 0.15) is 37.4 Å². The lowest BCUT2D eigenvalue weighted by molar-refractivity contribution is 0.102. The summed E-state index contributed by atoms with van der Waals surface area (Å²) in [5.74, 6) is -0.878. The largest absolute Gasteiger partial charge is 0.322 e. The number of aryl methyl sites for hydroxylation is 2. The second-order valence-electron chi connectivity index (χ2n) is 8.03. The maximum atomic E-state index is 13.1. The highest BCUT2D eigenvalue weighted by molar-refractivity contribution is 7.89. The minimum Gasteiger partial charge on any atom is -0.322 e. The Kier molecular flexibility index (Phi) is 7.00. The van der Waals surface area contributed by atoms with Crippen molar-refractivity contribution in [3.05, 3.63) is 88.5 Å². The Balaban J connectivity index is 1.92. The van der Waals surface area contributed by atoms with Crippen LogP contribution in [0.5, 0.6) is 0 Å². The van der Waals surface area contributed by atoms with Gasteiger partial charge >= 0.3 is 0 Å². The van der Waals surface area contributed by atoms with Crippen LogP contribution in [-0.2, 0) is 10.0 Å². The van der Waals surface area contributed by atoms with Crippen molar-refractivity contribution in [1.29, 1.82) is 0 Å². The van der Waals surface area contributed by atoms with Gasteiger partial charge in [0.05, 0.1) is 16.1 Å². The first kappa shape index (κ1) is 24.2. The number of para-hydroxylation sites is 1. The van der Waals surface area contributed by atoms with Gasteiger partial charge in [-0.25, -0.2) is 12.7 Å². The Morgan fingerprint density at radius 2 is 1.52 bits per heavy atom. The van der Waals surface area contributed by atoms with Crippen molar-refractivity contribution in [1.82, 2.24) is 4.31 Å². The van der Waals surface area contributed by atoms with Crippen LogP contribution in [0.15, 0.2) is 65.6 Å². The maximum Gasteiger partial charge on any atom is 0.257 e. The van der Waals surface area contributed by atoms with Gasteiger partial charge < -0.3 is 10.6 Å². The molecule has 0 radical (unpaired) electrons. The van der Waals surface area contributed by atoms with Gasteiger partial charge in [-0.3, -0.25) is 9.59 Å². The minimum absolute atomic E-state index is 0.0723. The highest BCUT2D eigenvalue weighted by Gasteiger charge is 2.23. The molecule has 0 aliphatic rings. The number of hydrogen-bond donors (Lipinski definition) is 2. The molecule has 2 N–H and O–H groups in total. The lowest BCUT2D eigenvalue weighted by atomic mass is 10.1. The molecular weight excluding hydrogens is 438 g/mol. The third kappa shape index (κ3) is 5.30. The second kappa shape index (κ2) is 9.56. The van der Waals surface area contributed by atoms with Crippen LogP contribution < -0.4 is 10.6 Å². The zero-order valence-electron chi connectivity index (χ0n) is 19.3. The molecule has 0 aliphatic heterocycles. The highest BCUT2D eigenvalue weighted by Crippen LogP contribution is 2.25. The number of rotatable bonds is 6. The van der Waals surface area contributed by atoms with Crippen LogP contribution in [0.4, 0.5) is 11.4 Å². The smallest absolute Gasteiger partial charge is 0.257 e. The van der Waals surface area contributed by atoms with Gasteiger partial charge in [0.2, 0.25) is 10.0 Å². The van der Waals surface area contributed by atoms with Gasteiger partial charge in [0, 0.05) is 25.3 Å². The molecule has 33 heavy (non-hydrogen) atoms. The molecule has 0 aromatic heterocycles. The van der Waals surface area contributed by atoms with Gasteiger partial charge in [0.25, 0.3) is 11.8 Å². The lowest BCUT2D eigenvalue weighted by Crippen LogP contribution is -2.24. The number of carbonyl (C=O) groups is 2. The van der Waals surface area contributed by atoms with Crippen molar-refractivity contribution >= 4 is 33.2 Å². The number of nitrogens with zero attached hydrogens (tertiary/aromatic N) is 1. The molecule has 0 aliphatic carbocycles. The van der Waals surface area contributed by atoms with Gasteiger partial charge in [-0.05, 0) is 73.9 Å². The Morgan fingerprint density at radius 1 is 0.818 bits per heavy atom. The Hall–Kier alpha value is -3.49. The molecule has 0 atom stereocenters. The SMILES string of the molecule is Cc1cccc(NC(=O)c2ccccc2NC(=O)c2cc(C)c(C)c(S(=O)(=O)N(C)C)c2)c1. The van der Waals surface area contributed by atoms with E-state index in [1.807, 2.05) is 25.1 Å². The predicted octanol–water partition coefficient (Wildman–Crippen LogP) is 4.37. The summed E-state index contributed by atoms with van der Waals surface area (Å²) in [6.45, 7) is 5.39. The average Bonchev–Trinajstić information content (AvgIpc) is 2.75. The van der Waals surface area contributed by atoms with Crippen molar-refractivity contribution in [2.75, 3.05) is 24.7 Å². The first-order valence-electron chi connectivity index (χ1n) is 10.3. The summed E-state index contributed by atoms with van der Waals surface area (Å²) >= 11 is 0. The van der Waals surface area contributed by atoms with E-state index in [0.29, 0.717) is 22.5 Å². The molecule has 0 saturated heterocycles. The molecule has 0 bridgehead atoms. The standard InChI is InChI=1S/C25H27N3O4S/c1-16-9-8-10-20(13-16)26-25(30)21-11-6-7-12-22(21)27-24(29)19-14-17(2)18(3)23(15-19)33(31,32)28(4)5/h6-15H,1-5H3,(H,26,30)(H,27,29). The van der Waals surface area contributed by atoms with Crippen LogP contribution >= 0.6 is 0 Å². The van der Waals surface area contributed by atoms with E-state index >= 15 is 0 Å². The quantitative estimate of drug-likeness (QED) is 0.565. The summed E-state index contributed by atoms with van der Waals surface area (Å²) in [6, 6.07) is 17.1. The Labute approximate surface area is 194 Å². The summed E-state index contributed by atoms with van der Waals surface area (Å²) in [5.41, 5.74) is 3.71. The van der Waals surface area contributed by atoms with Gasteiger partial charge in [0.15, 0.2) is 0 Å². The van der Waals surface area contributed by atoms with Gasteiger partial charge in [-0.15, -0.1) is 0 Å². The molecule has 8 heteroatoms. The van der Waals surface area contributed by atoms with E-state index in [1.54, 1.807) is 50.2 Å². The van der Waals surface area contributed by atoms with E-state index in [2.05, 4.69) is 10.6 Å². The molecule has 3 aromatic rings. The summed E-state index contributed by atoms with van der Waals surface area (Å²) in [5, 5.41) is 5.59. The Bertz CT molecular complexity index is 1330. The Morgan fingerprint density at radius 3 is 2.18 bits per heavy atom. The number of benzene rings is 3. The normalized spacial score (nSPS) is 11.3. The van der Waals surface area contributed by atoms with Crippen molar-refractivity contribution < 1.29 is 18.0 Å². The number of anilines is 2. The first-order chi connectivity index (χ1) is 15.5. The van der Waals surface area contributed by atoms with Crippen LogP contribution in [0.25, 0.3) is 0 Å². The monoisotopic (exact) mass is 465 g/mol. The van der Waals surface area contributed by atoms with E-state index in [0.717, 1.165) is 9.87 Å². The predicted molar refractivity (Wildman–Crippen MR) is 130 cm³/mol. The fourth-order valence-corrected chi connectivity index (χ4v) is 4.55. The van der Waals surface area contributed by atoms with E-state index in [4.69, 9.17) is 0 Å².